The van der Waals surface area contributed by atoms with Gasteiger partial charge in [0.2, 0.25) is 12.1 Å². The first kappa shape index (κ1) is 36.2. The van der Waals surface area contributed by atoms with Crippen molar-refractivity contribution in [1.29, 1.82) is 5.26 Å². The Morgan fingerprint density at radius 2 is 1.96 bits per heavy atom. The average molecular weight is 697 g/mol. The summed E-state index contributed by atoms with van der Waals surface area (Å²) in [5, 5.41) is 33.1. The number of nitrogens with zero attached hydrogens (tertiary/aromatic N) is 7. The topological polar surface area (TPSA) is 183 Å². The van der Waals surface area contributed by atoms with E-state index in [9.17, 15) is 10.1 Å². The zero-order valence-electron chi connectivity index (χ0n) is 28.2. The third kappa shape index (κ3) is 10.4. The summed E-state index contributed by atoms with van der Waals surface area (Å²) in [7, 11) is 0. The molecular weight excluding hydrogens is 652 g/mol. The number of anilines is 2. The van der Waals surface area contributed by atoms with Gasteiger partial charge in [-0.05, 0) is 82.7 Å². The van der Waals surface area contributed by atoms with Crippen LogP contribution in [0, 0.1) is 16.7 Å². The van der Waals surface area contributed by atoms with Gasteiger partial charge in [-0.2, -0.15) is 5.26 Å². The fourth-order valence-corrected chi connectivity index (χ4v) is 6.14. The van der Waals surface area contributed by atoms with Gasteiger partial charge in [-0.25, -0.2) is 14.8 Å². The lowest BCUT2D eigenvalue weighted by Gasteiger charge is -2.32. The van der Waals surface area contributed by atoms with Crippen molar-refractivity contribution in [1.82, 2.24) is 35.5 Å². The summed E-state index contributed by atoms with van der Waals surface area (Å²) in [6, 6.07) is 11.0. The van der Waals surface area contributed by atoms with Gasteiger partial charge in [0, 0.05) is 49.6 Å². The highest BCUT2D eigenvalue weighted by atomic mass is 35.5. The van der Waals surface area contributed by atoms with E-state index in [1.165, 1.54) is 4.80 Å². The molecule has 0 spiro atoms. The number of hydrogen-bond acceptors (Lipinski definition) is 14. The average Bonchev–Trinajstić information content (AvgIpc) is 3.59. The van der Waals surface area contributed by atoms with E-state index < -0.39 is 17.8 Å². The number of aromatic nitrogens is 6. The lowest BCUT2D eigenvalue weighted by molar-refractivity contribution is -0.00552. The van der Waals surface area contributed by atoms with Gasteiger partial charge >= 0.3 is 6.16 Å². The molecule has 1 saturated carbocycles. The number of halogens is 1. The molecular formula is C33H45ClN10O5. The maximum absolute atomic E-state index is 11.5. The SMILES string of the molecule is CCOC(=O)O[C@@H](C)n1nnc(COC[C@H](C)N[C@H]2CC[C@H](Nc3cc(-c4cccc(NCC5(C#N)CCOCC5)n4)c(Cl)cn3)CC2)n1. The van der Waals surface area contributed by atoms with Crippen LogP contribution in [0.1, 0.15) is 71.3 Å². The van der Waals surface area contributed by atoms with Crippen LogP contribution in [0.15, 0.2) is 30.5 Å². The largest absolute Gasteiger partial charge is 0.510 e. The number of carbonyl (C=O) groups is 1. The molecule has 0 unspecified atom stereocenters. The number of hydrogen-bond donors (Lipinski definition) is 3. The first-order chi connectivity index (χ1) is 23.8. The smallest absolute Gasteiger partial charge is 0.435 e. The normalized spacial score (nSPS) is 20.1. The minimum atomic E-state index is -0.785. The van der Waals surface area contributed by atoms with Crippen molar-refractivity contribution in [3.63, 3.8) is 0 Å². The van der Waals surface area contributed by atoms with E-state index in [0.717, 1.165) is 42.8 Å². The first-order valence-electron chi connectivity index (χ1n) is 16.8. The lowest BCUT2D eigenvalue weighted by atomic mass is 9.82. The van der Waals surface area contributed by atoms with Gasteiger partial charge in [0.1, 0.15) is 18.2 Å². The number of pyridine rings is 2. The van der Waals surface area contributed by atoms with Crippen LogP contribution < -0.4 is 16.0 Å². The molecule has 2 aliphatic rings. The third-order valence-electron chi connectivity index (χ3n) is 8.70. The van der Waals surface area contributed by atoms with Crippen LogP contribution >= 0.6 is 11.6 Å². The summed E-state index contributed by atoms with van der Waals surface area (Å²) in [5.74, 6) is 1.86. The Morgan fingerprint density at radius 1 is 1.18 bits per heavy atom. The number of ether oxygens (including phenoxy) is 4. The zero-order valence-corrected chi connectivity index (χ0v) is 29.0. The minimum Gasteiger partial charge on any atom is -0.435 e. The fourth-order valence-electron chi connectivity index (χ4n) is 5.94. The van der Waals surface area contributed by atoms with Gasteiger partial charge in [-0.1, -0.05) is 17.7 Å². The molecule has 49 heavy (non-hydrogen) atoms. The van der Waals surface area contributed by atoms with E-state index in [1.54, 1.807) is 20.0 Å². The Balaban J connectivity index is 1.04. The number of carbonyl (C=O) groups excluding carboxylic acids is 1. The van der Waals surface area contributed by atoms with E-state index in [4.69, 9.17) is 35.5 Å². The highest BCUT2D eigenvalue weighted by molar-refractivity contribution is 6.33. The molecule has 0 radical (unpaired) electrons. The molecule has 0 amide bonds. The number of tetrazole rings is 1. The van der Waals surface area contributed by atoms with Gasteiger partial charge in [-0.15, -0.1) is 15.0 Å². The monoisotopic (exact) mass is 696 g/mol. The fraction of sp³-hybridized carbons (Fsp3) is 0.606. The Bertz CT molecular complexity index is 1550. The van der Waals surface area contributed by atoms with Crippen molar-refractivity contribution in [2.45, 2.75) is 90.3 Å². The Hall–Kier alpha value is -4.10. The third-order valence-corrected chi connectivity index (χ3v) is 9.00. The predicted octanol–water partition coefficient (Wildman–Crippen LogP) is 5.13. The Morgan fingerprint density at radius 3 is 2.71 bits per heavy atom. The van der Waals surface area contributed by atoms with Gasteiger partial charge < -0.3 is 34.9 Å². The van der Waals surface area contributed by atoms with Crippen molar-refractivity contribution in [2.75, 3.05) is 43.6 Å². The van der Waals surface area contributed by atoms with Gasteiger partial charge in [-0.3, -0.25) is 0 Å². The molecule has 1 aliphatic carbocycles. The van der Waals surface area contributed by atoms with Crippen LogP contribution in [0.2, 0.25) is 5.02 Å². The molecule has 4 heterocycles. The molecule has 0 bridgehead atoms. The Kier molecular flexibility index (Phi) is 12.9. The van der Waals surface area contributed by atoms with E-state index in [-0.39, 0.29) is 25.3 Å². The second-order valence-corrected chi connectivity index (χ2v) is 12.9. The van der Waals surface area contributed by atoms with E-state index in [1.807, 2.05) is 24.3 Å². The van der Waals surface area contributed by atoms with Crippen molar-refractivity contribution in [2.24, 2.45) is 5.41 Å². The molecule has 3 aromatic heterocycles. The molecule has 16 heteroatoms. The maximum atomic E-state index is 11.5. The molecule has 15 nitrogen and oxygen atoms in total. The molecule has 1 saturated heterocycles. The summed E-state index contributed by atoms with van der Waals surface area (Å²) in [6.45, 7) is 8.03. The summed E-state index contributed by atoms with van der Waals surface area (Å²) in [4.78, 5) is 22.1. The van der Waals surface area contributed by atoms with Crippen LogP contribution in [0.3, 0.4) is 0 Å². The predicted molar refractivity (Wildman–Crippen MR) is 182 cm³/mol. The number of nitrogens with one attached hydrogen (secondary N) is 3. The van der Waals surface area contributed by atoms with Crippen molar-refractivity contribution in [3.05, 3.63) is 41.3 Å². The van der Waals surface area contributed by atoms with Gasteiger partial charge in [0.25, 0.3) is 0 Å². The van der Waals surface area contributed by atoms with Crippen molar-refractivity contribution < 1.29 is 23.7 Å². The Labute approximate surface area is 291 Å². The maximum Gasteiger partial charge on any atom is 0.510 e. The van der Waals surface area contributed by atoms with Crippen LogP contribution in [0.25, 0.3) is 11.3 Å². The second kappa shape index (κ2) is 17.5. The molecule has 264 valence electrons. The highest BCUT2D eigenvalue weighted by Crippen LogP contribution is 2.32. The lowest BCUT2D eigenvalue weighted by Crippen LogP contribution is -2.43. The van der Waals surface area contributed by atoms with Crippen molar-refractivity contribution >= 4 is 29.4 Å². The highest BCUT2D eigenvalue weighted by Gasteiger charge is 2.32. The second-order valence-electron chi connectivity index (χ2n) is 12.5. The number of rotatable bonds is 15. The quantitative estimate of drug-likeness (QED) is 0.178. The van der Waals surface area contributed by atoms with E-state index in [2.05, 4.69) is 49.3 Å². The van der Waals surface area contributed by atoms with Gasteiger partial charge in [0.15, 0.2) is 0 Å². The molecule has 2 atom stereocenters. The summed E-state index contributed by atoms with van der Waals surface area (Å²) in [6.07, 6.45) is 5.56. The molecule has 3 N–H and O–H groups in total. The van der Waals surface area contributed by atoms with Crippen molar-refractivity contribution in [3.8, 4) is 17.3 Å². The van der Waals surface area contributed by atoms with Gasteiger partial charge in [0.05, 0.1) is 35.4 Å². The van der Waals surface area contributed by atoms with E-state index in [0.29, 0.717) is 61.9 Å². The molecule has 0 aromatic carbocycles. The van der Waals surface area contributed by atoms with Crippen LogP contribution in [-0.2, 0) is 25.6 Å². The van der Waals surface area contributed by atoms with Crippen LogP contribution in [-0.4, -0.2) is 87.4 Å². The zero-order chi connectivity index (χ0) is 34.6. The van der Waals surface area contributed by atoms with Crippen LogP contribution in [0.4, 0.5) is 16.4 Å². The minimum absolute atomic E-state index is 0.135. The first-order valence-corrected chi connectivity index (χ1v) is 17.2. The summed E-state index contributed by atoms with van der Waals surface area (Å²) in [5.41, 5.74) is 1.08. The summed E-state index contributed by atoms with van der Waals surface area (Å²) < 4.78 is 21.1. The van der Waals surface area contributed by atoms with E-state index >= 15 is 0 Å². The molecule has 5 rings (SSSR count). The molecule has 3 aromatic rings. The van der Waals surface area contributed by atoms with Crippen LogP contribution in [0.5, 0.6) is 0 Å². The summed E-state index contributed by atoms with van der Waals surface area (Å²) >= 11 is 6.59. The number of nitriles is 1. The molecule has 1 aliphatic heterocycles. The molecule has 2 fully saturated rings. The standard InChI is InChI=1S/C33H45ClN10O5/c1-4-48-32(45)49-23(3)44-42-31(41-43-44)19-47-18-22(2)38-24-8-10-25(11-9-24)39-30-16-26(27(34)17-36-30)28-6-5-7-29(40-28)37-21-33(20-35)12-14-46-15-13-33/h5-7,16-17,22-25,38H,4,8-15,18-19,21H2,1-3H3,(H,36,39)(H,37,40)/t22-,23-,24-,25-/m0/s1.